The van der Waals surface area contributed by atoms with Gasteiger partial charge in [0.25, 0.3) is 6.71 Å². The molecule has 2 aromatic heterocycles. The minimum atomic E-state index is -0.268. The Morgan fingerprint density at radius 3 is 2.07 bits per heavy atom. The molecule has 2 aliphatic heterocycles. The molecule has 46 heavy (non-hydrogen) atoms. The Balaban J connectivity index is 1.36. The number of benzene rings is 6. The molecule has 0 saturated heterocycles. The molecule has 0 unspecified atom stereocenters. The predicted molar refractivity (Wildman–Crippen MR) is 190 cm³/mol. The molecule has 7 heteroatoms. The quantitative estimate of drug-likeness (QED) is 0.180. The van der Waals surface area contributed by atoms with Crippen LogP contribution in [0.2, 0.25) is 0 Å². The first-order chi connectivity index (χ1) is 22.5. The number of rotatable bonds is 2. The molecule has 0 amide bonds. The highest BCUT2D eigenvalue weighted by Crippen LogP contribution is 2.48. The maximum atomic E-state index is 14.3. The van der Waals surface area contributed by atoms with E-state index >= 15 is 0 Å². The van der Waals surface area contributed by atoms with Crippen molar-refractivity contribution in [2.24, 2.45) is 7.05 Å². The molecule has 0 aliphatic carbocycles. The van der Waals surface area contributed by atoms with E-state index in [1.807, 2.05) is 35.6 Å². The summed E-state index contributed by atoms with van der Waals surface area (Å²) < 4.78 is 33.2. The number of fused-ring (bicyclic) bond motifs is 9. The van der Waals surface area contributed by atoms with Crippen LogP contribution < -0.4 is 26.2 Å². The zero-order chi connectivity index (χ0) is 30.7. The fourth-order valence-electron chi connectivity index (χ4n) is 7.68. The SMILES string of the molecule is Cn1ccc2cc3c(cc21)N(c1ccc(F)cc1)c1cccc2c1B3c1ccc3c(sc4ccccc43)c1N2c1ccc(F)cc1. The summed E-state index contributed by atoms with van der Waals surface area (Å²) in [7, 11) is 2.07. The van der Waals surface area contributed by atoms with Gasteiger partial charge in [-0.15, -0.1) is 11.3 Å². The van der Waals surface area contributed by atoms with Crippen molar-refractivity contribution in [2.45, 2.75) is 0 Å². The summed E-state index contributed by atoms with van der Waals surface area (Å²) in [5, 5.41) is 3.63. The van der Waals surface area contributed by atoms with Crippen molar-refractivity contribution in [1.29, 1.82) is 0 Å². The Hall–Kier alpha value is -5.40. The molecule has 0 N–H and O–H groups in total. The maximum absolute atomic E-state index is 14.3. The van der Waals surface area contributed by atoms with E-state index in [2.05, 4.69) is 100 Å². The van der Waals surface area contributed by atoms with Crippen LogP contribution in [0.15, 0.2) is 128 Å². The normalized spacial score (nSPS) is 13.4. The Kier molecular flexibility index (Phi) is 5.24. The molecule has 0 bridgehead atoms. The highest BCUT2D eigenvalue weighted by molar-refractivity contribution is 7.26. The molecule has 0 atom stereocenters. The van der Waals surface area contributed by atoms with Crippen LogP contribution in [0.4, 0.5) is 42.9 Å². The van der Waals surface area contributed by atoms with Crippen molar-refractivity contribution in [1.82, 2.24) is 4.57 Å². The van der Waals surface area contributed by atoms with Crippen molar-refractivity contribution >= 4 is 99.6 Å². The highest BCUT2D eigenvalue weighted by Gasteiger charge is 2.44. The first-order valence-corrected chi connectivity index (χ1v) is 16.1. The molecule has 10 rings (SSSR count). The summed E-state index contributed by atoms with van der Waals surface area (Å²) in [5.74, 6) is -0.534. The smallest absolute Gasteiger partial charge is 0.252 e. The van der Waals surface area contributed by atoms with Gasteiger partial charge in [-0.25, -0.2) is 8.78 Å². The summed E-state index contributed by atoms with van der Waals surface area (Å²) in [5.41, 5.74) is 10.8. The zero-order valence-corrected chi connectivity index (χ0v) is 25.5. The van der Waals surface area contributed by atoms with Crippen LogP contribution in [0.25, 0.3) is 31.1 Å². The van der Waals surface area contributed by atoms with Crippen LogP contribution in [0.1, 0.15) is 0 Å². The lowest BCUT2D eigenvalue weighted by molar-refractivity contribution is 0.627. The number of nitrogens with zero attached hydrogens (tertiary/aromatic N) is 3. The number of halogens is 2. The van der Waals surface area contributed by atoms with E-state index in [0.29, 0.717) is 0 Å². The number of anilines is 6. The number of aryl methyl sites for hydroxylation is 1. The minimum Gasteiger partial charge on any atom is -0.350 e. The molecule has 218 valence electrons. The van der Waals surface area contributed by atoms with E-state index in [0.717, 1.165) is 39.6 Å². The van der Waals surface area contributed by atoms with Gasteiger partial charge in [0.2, 0.25) is 0 Å². The lowest BCUT2D eigenvalue weighted by Crippen LogP contribution is -2.61. The van der Waals surface area contributed by atoms with Gasteiger partial charge < -0.3 is 14.4 Å². The van der Waals surface area contributed by atoms with Crippen molar-refractivity contribution < 1.29 is 8.78 Å². The van der Waals surface area contributed by atoms with Gasteiger partial charge in [-0.05, 0) is 101 Å². The molecule has 4 heterocycles. The van der Waals surface area contributed by atoms with Gasteiger partial charge in [0, 0.05) is 62.7 Å². The van der Waals surface area contributed by atoms with Crippen LogP contribution >= 0.6 is 11.3 Å². The molecule has 0 radical (unpaired) electrons. The Morgan fingerprint density at radius 2 is 1.30 bits per heavy atom. The summed E-state index contributed by atoms with van der Waals surface area (Å²) in [6.07, 6.45) is 2.10. The zero-order valence-electron chi connectivity index (χ0n) is 24.7. The third-order valence-electron chi connectivity index (χ3n) is 9.67. The van der Waals surface area contributed by atoms with Crippen LogP contribution in [0, 0.1) is 11.6 Å². The molecule has 0 saturated carbocycles. The van der Waals surface area contributed by atoms with Gasteiger partial charge in [0.15, 0.2) is 0 Å². The second-order valence-corrected chi connectivity index (χ2v) is 13.2. The number of hydrogen-bond donors (Lipinski definition) is 0. The van der Waals surface area contributed by atoms with E-state index in [-0.39, 0.29) is 18.3 Å². The second kappa shape index (κ2) is 9.31. The van der Waals surface area contributed by atoms with E-state index in [1.165, 1.54) is 66.2 Å². The molecule has 3 nitrogen and oxygen atoms in total. The summed E-state index contributed by atoms with van der Waals surface area (Å²) in [4.78, 5) is 4.58. The molecular formula is C39H24BF2N3S. The largest absolute Gasteiger partial charge is 0.350 e. The third kappa shape index (κ3) is 3.46. The van der Waals surface area contributed by atoms with E-state index in [4.69, 9.17) is 0 Å². The monoisotopic (exact) mass is 615 g/mol. The fraction of sp³-hybridized carbons (Fsp3) is 0.0256. The predicted octanol–water partition coefficient (Wildman–Crippen LogP) is 8.91. The van der Waals surface area contributed by atoms with Gasteiger partial charge in [-0.2, -0.15) is 0 Å². The van der Waals surface area contributed by atoms with Gasteiger partial charge in [-0.3, -0.25) is 0 Å². The molecule has 2 aliphatic rings. The van der Waals surface area contributed by atoms with Gasteiger partial charge >= 0.3 is 0 Å². The first-order valence-electron chi connectivity index (χ1n) is 15.3. The number of thiophene rings is 1. The van der Waals surface area contributed by atoms with E-state index in [1.54, 1.807) is 0 Å². The lowest BCUT2D eigenvalue weighted by atomic mass is 9.33. The third-order valence-corrected chi connectivity index (χ3v) is 10.9. The van der Waals surface area contributed by atoms with Gasteiger partial charge in [0.1, 0.15) is 11.6 Å². The van der Waals surface area contributed by atoms with Crippen LogP contribution in [0.3, 0.4) is 0 Å². The molecular weight excluding hydrogens is 591 g/mol. The second-order valence-electron chi connectivity index (χ2n) is 12.1. The minimum absolute atomic E-state index is 0.0520. The maximum Gasteiger partial charge on any atom is 0.252 e. The van der Waals surface area contributed by atoms with Crippen LogP contribution in [-0.2, 0) is 7.05 Å². The number of aromatic nitrogens is 1. The van der Waals surface area contributed by atoms with Crippen molar-refractivity contribution in [3.8, 4) is 0 Å². The van der Waals surface area contributed by atoms with Gasteiger partial charge in [-0.1, -0.05) is 42.5 Å². The average molecular weight is 616 g/mol. The van der Waals surface area contributed by atoms with E-state index in [9.17, 15) is 8.78 Å². The Morgan fingerprint density at radius 1 is 0.609 bits per heavy atom. The molecule has 8 aromatic rings. The summed E-state index contributed by atoms with van der Waals surface area (Å²) in [6, 6.07) is 39.9. The van der Waals surface area contributed by atoms with Crippen molar-refractivity contribution in [3.05, 3.63) is 139 Å². The molecule has 0 spiro atoms. The summed E-state index contributed by atoms with van der Waals surface area (Å²) in [6.45, 7) is -0.0520. The highest BCUT2D eigenvalue weighted by atomic mass is 32.1. The van der Waals surface area contributed by atoms with Crippen molar-refractivity contribution in [3.63, 3.8) is 0 Å². The average Bonchev–Trinajstić information content (AvgIpc) is 3.64. The Labute approximate surface area is 268 Å². The topological polar surface area (TPSA) is 11.4 Å². The Bertz CT molecular complexity index is 2540. The first kappa shape index (κ1) is 25.9. The molecule has 0 fully saturated rings. The van der Waals surface area contributed by atoms with Crippen molar-refractivity contribution in [2.75, 3.05) is 9.80 Å². The standard InChI is InChI=1S/C39H24BF2N3S/c1-43-20-19-23-21-31-35(22-34(23)43)44(26-13-9-24(41)10-14-26)32-6-4-7-33-37(32)40(31)30-18-17-29-28-5-2-3-8-36(28)46-39(29)38(30)45(33)27-15-11-25(42)12-16-27/h2-22H,1H3. The summed E-state index contributed by atoms with van der Waals surface area (Å²) >= 11 is 1.81. The van der Waals surface area contributed by atoms with Crippen LogP contribution in [-0.4, -0.2) is 11.3 Å². The van der Waals surface area contributed by atoms with Crippen LogP contribution in [0.5, 0.6) is 0 Å². The van der Waals surface area contributed by atoms with Gasteiger partial charge in [0.05, 0.1) is 10.4 Å². The molecule has 6 aromatic carbocycles. The number of hydrogen-bond acceptors (Lipinski definition) is 3. The van der Waals surface area contributed by atoms with E-state index < -0.39 is 0 Å². The lowest BCUT2D eigenvalue weighted by Gasteiger charge is -2.44. The fourth-order valence-corrected chi connectivity index (χ4v) is 8.93.